The van der Waals surface area contributed by atoms with Crippen LogP contribution in [0.3, 0.4) is 0 Å². The van der Waals surface area contributed by atoms with Gasteiger partial charge in [-0.1, -0.05) is 26.8 Å². The molecule has 0 atom stereocenters. The van der Waals surface area contributed by atoms with Crippen LogP contribution in [0.15, 0.2) is 42.9 Å². The van der Waals surface area contributed by atoms with Gasteiger partial charge in [0.25, 0.3) is 0 Å². The van der Waals surface area contributed by atoms with E-state index < -0.39 is 0 Å². The molecule has 0 saturated heterocycles. The average molecular weight is 332 g/mol. The molecular formula is C22H26N3+. The van der Waals surface area contributed by atoms with Gasteiger partial charge in [-0.3, -0.25) is 0 Å². The molecule has 0 bridgehead atoms. The minimum Gasteiger partial charge on any atom is -0.303 e. The van der Waals surface area contributed by atoms with Crippen molar-refractivity contribution in [1.29, 1.82) is 0 Å². The Morgan fingerprint density at radius 3 is 2.76 bits per heavy atom. The highest BCUT2D eigenvalue weighted by atomic mass is 15.1. The average Bonchev–Trinajstić information content (AvgIpc) is 3.09. The molecule has 3 nitrogen and oxygen atoms in total. The molecule has 1 aliphatic heterocycles. The quantitative estimate of drug-likeness (QED) is 0.505. The number of imidazole rings is 1. The summed E-state index contributed by atoms with van der Waals surface area (Å²) in [6, 6.07) is 9.08. The predicted molar refractivity (Wildman–Crippen MR) is 101 cm³/mol. The minimum atomic E-state index is 0.285. The molecule has 4 rings (SSSR count). The van der Waals surface area contributed by atoms with Gasteiger partial charge in [0, 0.05) is 30.9 Å². The highest BCUT2D eigenvalue weighted by Crippen LogP contribution is 2.36. The van der Waals surface area contributed by atoms with E-state index in [9.17, 15) is 0 Å². The first-order chi connectivity index (χ1) is 11.8. The Hall–Kier alpha value is -2.42. The smallest absolute Gasteiger partial charge is 0.213 e. The van der Waals surface area contributed by atoms with Crippen LogP contribution in [0.4, 0.5) is 0 Å². The molecule has 3 aromatic rings. The third kappa shape index (κ3) is 2.78. The maximum absolute atomic E-state index is 4.52. The van der Waals surface area contributed by atoms with E-state index in [4.69, 9.17) is 0 Å². The lowest BCUT2D eigenvalue weighted by Crippen LogP contribution is -2.31. The number of aromatic nitrogens is 3. The van der Waals surface area contributed by atoms with E-state index in [-0.39, 0.29) is 5.41 Å². The second kappa shape index (κ2) is 5.55. The first-order valence-electron chi connectivity index (χ1n) is 8.97. The van der Waals surface area contributed by atoms with Crippen molar-refractivity contribution >= 4 is 0 Å². The lowest BCUT2D eigenvalue weighted by molar-refractivity contribution is -0.660. The molecule has 0 aliphatic carbocycles. The van der Waals surface area contributed by atoms with Crippen LogP contribution in [0, 0.1) is 12.3 Å². The Balaban J connectivity index is 1.88. The number of pyridine rings is 1. The standard InChI is InChI=1S/C22H26N3/c1-15-6-7-18-17(13-20-23-9-11-25(18)20)21(15)19-12-16(8-10-24(19)5)14-22(2,3)4/h6-12H,13-14H2,1-5H3/q+1. The molecule has 128 valence electrons. The number of hydrogen-bond acceptors (Lipinski definition) is 1. The third-order valence-corrected chi connectivity index (χ3v) is 5.01. The van der Waals surface area contributed by atoms with Crippen molar-refractivity contribution in [1.82, 2.24) is 9.55 Å². The van der Waals surface area contributed by atoms with Crippen molar-refractivity contribution in [2.24, 2.45) is 12.5 Å². The van der Waals surface area contributed by atoms with Gasteiger partial charge in [0.05, 0.1) is 11.3 Å². The van der Waals surface area contributed by atoms with Gasteiger partial charge in [-0.2, -0.15) is 0 Å². The molecule has 1 aromatic carbocycles. The molecule has 0 N–H and O–H groups in total. The molecule has 0 spiro atoms. The number of aryl methyl sites for hydroxylation is 2. The second-order valence-corrected chi connectivity index (χ2v) is 8.41. The lowest BCUT2D eigenvalue weighted by Gasteiger charge is -2.18. The summed E-state index contributed by atoms with van der Waals surface area (Å²) < 4.78 is 4.47. The topological polar surface area (TPSA) is 21.7 Å². The highest BCUT2D eigenvalue weighted by molar-refractivity contribution is 5.73. The van der Waals surface area contributed by atoms with Crippen LogP contribution >= 0.6 is 0 Å². The van der Waals surface area contributed by atoms with Gasteiger partial charge in [0.2, 0.25) is 5.69 Å². The zero-order valence-corrected chi connectivity index (χ0v) is 15.8. The van der Waals surface area contributed by atoms with E-state index in [1.54, 1.807) is 0 Å². The predicted octanol–water partition coefficient (Wildman–Crippen LogP) is 4.17. The molecule has 0 fully saturated rings. The molecule has 25 heavy (non-hydrogen) atoms. The minimum absolute atomic E-state index is 0.285. The van der Waals surface area contributed by atoms with E-state index in [1.165, 1.54) is 33.6 Å². The zero-order valence-electron chi connectivity index (χ0n) is 15.8. The van der Waals surface area contributed by atoms with Gasteiger partial charge in [-0.25, -0.2) is 9.55 Å². The molecule has 3 heterocycles. The van der Waals surface area contributed by atoms with E-state index in [2.05, 4.69) is 85.5 Å². The Labute approximate surface area is 150 Å². The van der Waals surface area contributed by atoms with Gasteiger partial charge in [0.1, 0.15) is 12.9 Å². The van der Waals surface area contributed by atoms with Crippen LogP contribution in [0.25, 0.3) is 16.9 Å². The van der Waals surface area contributed by atoms with Crippen molar-refractivity contribution < 1.29 is 4.57 Å². The fourth-order valence-corrected chi connectivity index (χ4v) is 3.94. The molecule has 2 aromatic heterocycles. The summed E-state index contributed by atoms with van der Waals surface area (Å²) in [6.07, 6.45) is 8.14. The number of fused-ring (bicyclic) bond motifs is 3. The van der Waals surface area contributed by atoms with Gasteiger partial charge in [-0.05, 0) is 41.5 Å². The number of benzene rings is 1. The van der Waals surface area contributed by atoms with Crippen molar-refractivity contribution in [3.05, 3.63) is 65.4 Å². The Kier molecular flexibility index (Phi) is 3.57. The Bertz CT molecular complexity index is 958. The summed E-state index contributed by atoms with van der Waals surface area (Å²) in [7, 11) is 2.14. The monoisotopic (exact) mass is 332 g/mol. The van der Waals surface area contributed by atoms with Crippen LogP contribution in [0.5, 0.6) is 0 Å². The molecule has 0 saturated carbocycles. The third-order valence-electron chi connectivity index (χ3n) is 5.01. The van der Waals surface area contributed by atoms with Crippen molar-refractivity contribution in [3.63, 3.8) is 0 Å². The summed E-state index contributed by atoms with van der Waals surface area (Å²) in [5, 5.41) is 0. The molecule has 1 aliphatic rings. The van der Waals surface area contributed by atoms with Crippen molar-refractivity contribution in [2.45, 2.75) is 40.5 Å². The molecule has 3 heteroatoms. The summed E-state index contributed by atoms with van der Waals surface area (Å²) in [5.74, 6) is 1.13. The Morgan fingerprint density at radius 2 is 2.00 bits per heavy atom. The zero-order chi connectivity index (χ0) is 17.8. The van der Waals surface area contributed by atoms with Crippen LogP contribution in [-0.2, 0) is 19.9 Å². The van der Waals surface area contributed by atoms with Crippen LogP contribution in [-0.4, -0.2) is 9.55 Å². The lowest BCUT2D eigenvalue weighted by atomic mass is 9.87. The maximum Gasteiger partial charge on any atom is 0.213 e. The first kappa shape index (κ1) is 16.1. The van der Waals surface area contributed by atoms with Crippen LogP contribution in [0.2, 0.25) is 0 Å². The number of nitrogens with zero attached hydrogens (tertiary/aromatic N) is 3. The number of hydrogen-bond donors (Lipinski definition) is 0. The molecule has 0 unspecified atom stereocenters. The summed E-state index contributed by atoms with van der Waals surface area (Å²) >= 11 is 0. The second-order valence-electron chi connectivity index (χ2n) is 8.41. The highest BCUT2D eigenvalue weighted by Gasteiger charge is 2.27. The molecular weight excluding hydrogens is 306 g/mol. The van der Waals surface area contributed by atoms with Crippen molar-refractivity contribution in [2.75, 3.05) is 0 Å². The molecule has 0 amide bonds. The van der Waals surface area contributed by atoms with Crippen LogP contribution in [0.1, 0.15) is 43.3 Å². The fraction of sp³-hybridized carbons (Fsp3) is 0.364. The summed E-state index contributed by atoms with van der Waals surface area (Å²) in [4.78, 5) is 4.52. The van der Waals surface area contributed by atoms with E-state index >= 15 is 0 Å². The molecule has 0 radical (unpaired) electrons. The van der Waals surface area contributed by atoms with Gasteiger partial charge < -0.3 is 4.57 Å². The first-order valence-corrected chi connectivity index (χ1v) is 8.97. The van der Waals surface area contributed by atoms with Gasteiger partial charge in [0.15, 0.2) is 6.20 Å². The Morgan fingerprint density at radius 1 is 1.20 bits per heavy atom. The van der Waals surface area contributed by atoms with Crippen LogP contribution < -0.4 is 4.57 Å². The van der Waals surface area contributed by atoms with Gasteiger partial charge in [-0.15, -0.1) is 0 Å². The normalized spacial score (nSPS) is 13.0. The maximum atomic E-state index is 4.52. The summed E-state index contributed by atoms with van der Waals surface area (Å²) in [5.41, 5.74) is 8.33. The number of rotatable bonds is 2. The van der Waals surface area contributed by atoms with E-state index in [0.29, 0.717) is 0 Å². The van der Waals surface area contributed by atoms with Crippen molar-refractivity contribution in [3.8, 4) is 16.9 Å². The van der Waals surface area contributed by atoms with E-state index in [1.807, 2.05) is 6.20 Å². The fourth-order valence-electron chi connectivity index (χ4n) is 3.94. The van der Waals surface area contributed by atoms with E-state index in [0.717, 1.165) is 18.7 Å². The largest absolute Gasteiger partial charge is 0.303 e. The van der Waals surface area contributed by atoms with Gasteiger partial charge >= 0.3 is 0 Å². The summed E-state index contributed by atoms with van der Waals surface area (Å²) in [6.45, 7) is 9.10. The SMILES string of the molecule is Cc1ccc2c(c1-c1cc(CC(C)(C)C)cc[n+]1C)Cc1nccn1-2.